The largest absolute Gasteiger partial charge is 0.441 e. The predicted molar refractivity (Wildman–Crippen MR) is 111 cm³/mol. The molecule has 136 valence electrons. The van der Waals surface area contributed by atoms with Crippen LogP contribution in [0.5, 0.6) is 0 Å². The Morgan fingerprint density at radius 3 is 2.85 bits per heavy atom. The summed E-state index contributed by atoms with van der Waals surface area (Å²) in [5, 5.41) is 2.71. The average molecular weight is 397 g/mol. The van der Waals surface area contributed by atoms with Gasteiger partial charge in [0.25, 0.3) is 0 Å². The average Bonchev–Trinajstić information content (AvgIpc) is 3.30. The summed E-state index contributed by atoms with van der Waals surface area (Å²) >= 11 is 2.54. The summed E-state index contributed by atoms with van der Waals surface area (Å²) in [6.07, 6.45) is 0.100. The molecule has 1 amide bonds. The quantitative estimate of drug-likeness (QED) is 0.449. The van der Waals surface area contributed by atoms with Crippen LogP contribution in [0.4, 0.5) is 0 Å². The molecule has 2 aromatic heterocycles. The first-order valence-electron chi connectivity index (χ1n) is 9.35. The Morgan fingerprint density at radius 2 is 2.07 bits per heavy atom. The topological polar surface area (TPSA) is 69.1 Å². The van der Waals surface area contributed by atoms with Gasteiger partial charge >= 0.3 is 0 Å². The van der Waals surface area contributed by atoms with Gasteiger partial charge in [-0.2, -0.15) is 0 Å². The maximum Gasteiger partial charge on any atom is 0.250 e. The summed E-state index contributed by atoms with van der Waals surface area (Å²) in [6, 6.07) is 14.9. The minimum Gasteiger partial charge on any atom is -0.441 e. The minimum atomic E-state index is -1.61. The third kappa shape index (κ3) is 3.63. The Hall–Kier alpha value is -2.57. The smallest absolute Gasteiger partial charge is 0.250 e. The maximum absolute atomic E-state index is 11.6. The van der Waals surface area contributed by atoms with E-state index in [1.54, 1.807) is 19.1 Å². The lowest BCUT2D eigenvalue weighted by Crippen LogP contribution is -2.10. The third-order valence-corrected chi connectivity index (χ3v) is 5.99. The fraction of sp³-hybridized carbons (Fsp3) is 0.143. The van der Waals surface area contributed by atoms with E-state index in [4.69, 9.17) is 12.9 Å². The Labute approximate surface area is 168 Å². The first kappa shape index (κ1) is 15.5. The van der Waals surface area contributed by atoms with E-state index >= 15 is 0 Å². The second-order valence-corrected chi connectivity index (χ2v) is 7.80. The van der Waals surface area contributed by atoms with Crippen LogP contribution in [0.2, 0.25) is 0 Å². The number of nitrogens with two attached hydrogens (primary N) is 1. The van der Waals surface area contributed by atoms with E-state index in [1.165, 1.54) is 11.3 Å². The van der Waals surface area contributed by atoms with Crippen molar-refractivity contribution in [1.29, 1.82) is 0 Å². The highest BCUT2D eigenvalue weighted by Crippen LogP contribution is 2.34. The maximum atomic E-state index is 11.6. The molecule has 4 aromatic rings. The number of nitrogens with zero attached hydrogens (tertiary/aromatic N) is 1. The SMILES string of the molecule is [2H]C([2H])(Cc1nc(-c2ccccc2)oc1C)Sc1ccc(C(N)=O)c2sccc12. The Balaban J connectivity index is 1.60. The van der Waals surface area contributed by atoms with E-state index in [-0.39, 0.29) is 6.42 Å². The number of benzene rings is 2. The van der Waals surface area contributed by atoms with E-state index < -0.39 is 11.6 Å². The summed E-state index contributed by atoms with van der Waals surface area (Å²) in [5.41, 5.74) is 5.75. The fourth-order valence-corrected chi connectivity index (χ4v) is 4.58. The minimum absolute atomic E-state index is 0.100. The number of oxazole rings is 1. The molecule has 2 aromatic carbocycles. The molecule has 6 heteroatoms. The number of rotatable bonds is 6. The number of carbonyl (C=O) groups excluding carboxylic acids is 1. The molecule has 0 saturated carbocycles. The van der Waals surface area contributed by atoms with Gasteiger partial charge in [0.1, 0.15) is 5.76 Å². The van der Waals surface area contributed by atoms with Crippen molar-refractivity contribution in [3.8, 4) is 11.5 Å². The zero-order chi connectivity index (χ0) is 20.6. The van der Waals surface area contributed by atoms with Crippen LogP contribution >= 0.6 is 23.1 Å². The second kappa shape index (κ2) is 7.58. The number of thioether (sulfide) groups is 1. The zero-order valence-electron chi connectivity index (χ0n) is 16.6. The normalized spacial score (nSPS) is 12.8. The molecule has 0 atom stereocenters. The van der Waals surface area contributed by atoms with Gasteiger partial charge in [-0.3, -0.25) is 4.79 Å². The van der Waals surface area contributed by atoms with Gasteiger partial charge in [-0.25, -0.2) is 4.98 Å². The van der Waals surface area contributed by atoms with Crippen molar-refractivity contribution >= 4 is 39.1 Å². The lowest BCUT2D eigenvalue weighted by Gasteiger charge is -2.05. The Morgan fingerprint density at radius 1 is 1.26 bits per heavy atom. The zero-order valence-corrected chi connectivity index (χ0v) is 16.2. The summed E-state index contributed by atoms with van der Waals surface area (Å²) in [5.74, 6) is 0.617. The van der Waals surface area contributed by atoms with Crippen molar-refractivity contribution in [2.45, 2.75) is 18.2 Å². The van der Waals surface area contributed by atoms with Crippen LogP contribution in [0.1, 0.15) is 24.6 Å². The number of thiophene rings is 1. The third-order valence-electron chi connectivity index (χ3n) is 4.18. The van der Waals surface area contributed by atoms with Crippen LogP contribution in [-0.4, -0.2) is 16.6 Å². The Bertz CT molecular complexity index is 1190. The highest BCUT2D eigenvalue weighted by molar-refractivity contribution is 7.99. The van der Waals surface area contributed by atoms with E-state index in [9.17, 15) is 4.79 Å². The fourth-order valence-electron chi connectivity index (χ4n) is 2.80. The van der Waals surface area contributed by atoms with Gasteiger partial charge in [0.2, 0.25) is 11.8 Å². The number of amides is 1. The van der Waals surface area contributed by atoms with Crippen molar-refractivity contribution < 1.29 is 12.0 Å². The molecular formula is C21H18N2O2S2. The summed E-state index contributed by atoms with van der Waals surface area (Å²) in [7, 11) is 0. The van der Waals surface area contributed by atoms with E-state index in [0.29, 0.717) is 22.9 Å². The summed E-state index contributed by atoms with van der Waals surface area (Å²) in [4.78, 5) is 16.9. The number of hydrogen-bond acceptors (Lipinski definition) is 5. The van der Waals surface area contributed by atoms with Crippen LogP contribution in [0, 0.1) is 6.92 Å². The Kier molecular flexibility index (Phi) is 4.35. The van der Waals surface area contributed by atoms with Gasteiger partial charge < -0.3 is 10.2 Å². The molecule has 4 rings (SSSR count). The second-order valence-electron chi connectivity index (χ2n) is 5.95. The van der Waals surface area contributed by atoms with Crippen LogP contribution in [-0.2, 0) is 6.42 Å². The molecule has 0 aliphatic carbocycles. The van der Waals surface area contributed by atoms with Gasteiger partial charge in [0, 0.05) is 35.4 Å². The molecule has 2 N–H and O–H groups in total. The highest BCUT2D eigenvalue weighted by atomic mass is 32.2. The van der Waals surface area contributed by atoms with E-state index in [1.807, 2.05) is 41.8 Å². The predicted octanol–water partition coefficient (Wildman–Crippen LogP) is 5.30. The molecule has 0 aliphatic rings. The highest BCUT2D eigenvalue weighted by Gasteiger charge is 2.14. The molecule has 0 saturated heterocycles. The van der Waals surface area contributed by atoms with Crippen molar-refractivity contribution in [3.05, 3.63) is 70.9 Å². The lowest BCUT2D eigenvalue weighted by molar-refractivity contribution is 0.100. The van der Waals surface area contributed by atoms with Crippen molar-refractivity contribution in [2.75, 3.05) is 5.70 Å². The standard InChI is InChI=1S/C21H18N2O2S2/c1-13-17(23-21(25-13)14-5-3-2-4-6-14)10-12-26-18-8-7-16(20(22)24)19-15(18)9-11-27-19/h2-9,11H,10,12H2,1H3,(H2,22,24)/i12D2. The number of hydrogen-bond donors (Lipinski definition) is 1. The van der Waals surface area contributed by atoms with Crippen LogP contribution in [0.3, 0.4) is 0 Å². The summed E-state index contributed by atoms with van der Waals surface area (Å²) < 4.78 is 23.6. The van der Waals surface area contributed by atoms with Gasteiger partial charge in [0.15, 0.2) is 0 Å². The van der Waals surface area contributed by atoms with Crippen molar-refractivity contribution in [2.24, 2.45) is 5.73 Å². The molecule has 0 unspecified atom stereocenters. The molecule has 4 nitrogen and oxygen atoms in total. The van der Waals surface area contributed by atoms with Crippen LogP contribution < -0.4 is 5.73 Å². The van der Waals surface area contributed by atoms with Gasteiger partial charge in [0.05, 0.1) is 11.3 Å². The first-order valence-corrected chi connectivity index (χ1v) is 10.0. The number of aryl methyl sites for hydroxylation is 2. The number of fused-ring (bicyclic) bond motifs is 1. The molecule has 0 bridgehead atoms. The number of carbonyl (C=O) groups is 1. The molecule has 0 aliphatic heterocycles. The van der Waals surface area contributed by atoms with Crippen LogP contribution in [0.15, 0.2) is 63.2 Å². The van der Waals surface area contributed by atoms with E-state index in [0.717, 1.165) is 32.3 Å². The first-order chi connectivity index (χ1) is 13.8. The van der Waals surface area contributed by atoms with Gasteiger partial charge in [-0.15, -0.1) is 23.1 Å². The number of primary amides is 1. The molecule has 2 heterocycles. The summed E-state index contributed by atoms with van der Waals surface area (Å²) in [6.45, 7) is 1.80. The van der Waals surface area contributed by atoms with Crippen LogP contribution in [0.25, 0.3) is 21.5 Å². The number of aromatic nitrogens is 1. The van der Waals surface area contributed by atoms with Gasteiger partial charge in [-0.05, 0) is 42.6 Å². The molecule has 27 heavy (non-hydrogen) atoms. The monoisotopic (exact) mass is 396 g/mol. The lowest BCUT2D eigenvalue weighted by atomic mass is 10.1. The van der Waals surface area contributed by atoms with Crippen molar-refractivity contribution in [1.82, 2.24) is 4.98 Å². The van der Waals surface area contributed by atoms with Crippen molar-refractivity contribution in [3.63, 3.8) is 0 Å². The molecule has 0 fully saturated rings. The van der Waals surface area contributed by atoms with Gasteiger partial charge in [-0.1, -0.05) is 18.2 Å². The molecule has 0 radical (unpaired) electrons. The molecule has 0 spiro atoms. The van der Waals surface area contributed by atoms with E-state index in [2.05, 4.69) is 4.98 Å². The molecular weight excluding hydrogens is 376 g/mol.